The maximum Gasteiger partial charge on any atom is 0.497 e. The molecule has 4 N–H and O–H groups in total. The minimum Gasteiger partial charge on any atom is -0.390 e. The fraction of sp³-hybridized carbons (Fsp3) is 1.00. The molecule has 10 heteroatoms. The first kappa shape index (κ1) is 24.0. The highest BCUT2D eigenvalue weighted by Gasteiger charge is 2.33. The zero-order chi connectivity index (χ0) is 17.4. The van der Waals surface area contributed by atoms with Crippen LogP contribution in [0.5, 0.6) is 0 Å². The van der Waals surface area contributed by atoms with E-state index in [9.17, 15) is 9.90 Å². The molecule has 0 aromatic carbocycles. The summed E-state index contributed by atoms with van der Waals surface area (Å²) in [6, 6.07) is 0.548. The molecule has 0 spiro atoms. The summed E-state index contributed by atoms with van der Waals surface area (Å²) in [7, 11) is 1.81. The minimum atomic E-state index is -2.91. The van der Waals surface area contributed by atoms with Crippen molar-refractivity contribution in [1.29, 1.82) is 0 Å². The van der Waals surface area contributed by atoms with Crippen LogP contribution in [0.25, 0.3) is 0 Å². The Morgan fingerprint density at radius 2 is 1.83 bits per heavy atom. The first-order valence-electron chi connectivity index (χ1n) is 7.81. The van der Waals surface area contributed by atoms with Gasteiger partial charge in [-0.3, -0.25) is 0 Å². The smallest absolute Gasteiger partial charge is 0.390 e. The first-order valence-corrected chi connectivity index (χ1v) is 13.3. The lowest BCUT2D eigenvalue weighted by Gasteiger charge is -2.19. The van der Waals surface area contributed by atoms with E-state index in [4.69, 9.17) is 13.6 Å². The van der Waals surface area contributed by atoms with Crippen LogP contribution < -0.4 is 10.6 Å². The van der Waals surface area contributed by atoms with Crippen LogP contribution in [0.4, 0.5) is 0 Å². The Hall–Kier alpha value is 1.02. The third kappa shape index (κ3) is 15.0. The van der Waals surface area contributed by atoms with Crippen LogP contribution in [0.15, 0.2) is 0 Å². The second-order valence-electron chi connectivity index (χ2n) is 5.07. The number of hydrogen-bond acceptors (Lipinski definition) is 8. The topological polar surface area (TPSA) is 92.2 Å². The zero-order valence-electron chi connectivity index (χ0n) is 14.1. The molecule has 0 aliphatic rings. The lowest BCUT2D eigenvalue weighted by molar-refractivity contribution is 0.0378. The molecule has 0 rings (SSSR count). The Morgan fingerprint density at radius 1 is 1.13 bits per heavy atom. The van der Waals surface area contributed by atoms with Gasteiger partial charge in [-0.05, 0) is 40.6 Å². The molecule has 1 atom stereocenters. The van der Waals surface area contributed by atoms with E-state index in [1.54, 1.807) is 8.93 Å². The van der Waals surface area contributed by atoms with Crippen LogP contribution in [-0.2, 0) is 13.6 Å². The van der Waals surface area contributed by atoms with E-state index in [-0.39, 0.29) is 0 Å². The van der Waals surface area contributed by atoms with Gasteiger partial charge in [-0.15, -0.1) is 0 Å². The standard InChI is InChI=1S/C13H31IN2O5SSi/c1-19-23(18,20-2)10-3-5-15-6-7-16-11-13(17)12-21-8-4-9-22-14/h13,15-18H,3-12H2,1-2H3. The third-order valence-corrected chi connectivity index (χ3v) is 7.19. The number of rotatable bonds is 17. The van der Waals surface area contributed by atoms with Crippen molar-refractivity contribution in [3.63, 3.8) is 0 Å². The fourth-order valence-electron chi connectivity index (χ4n) is 1.79. The second-order valence-corrected chi connectivity index (χ2v) is 10.3. The van der Waals surface area contributed by atoms with E-state index in [2.05, 4.69) is 31.8 Å². The van der Waals surface area contributed by atoms with Crippen LogP contribution in [0.3, 0.4) is 0 Å². The van der Waals surface area contributed by atoms with Crippen molar-refractivity contribution in [3.8, 4) is 0 Å². The quantitative estimate of drug-likeness (QED) is 0.136. The van der Waals surface area contributed by atoms with Gasteiger partial charge in [0.05, 0.1) is 12.7 Å². The molecule has 0 radical (unpaired) electrons. The Balaban J connectivity index is 3.32. The summed E-state index contributed by atoms with van der Waals surface area (Å²) in [5, 5.41) is 16.2. The molecule has 0 aromatic heterocycles. The van der Waals surface area contributed by atoms with Gasteiger partial charge < -0.3 is 34.1 Å². The van der Waals surface area contributed by atoms with E-state index in [1.165, 1.54) is 14.2 Å². The van der Waals surface area contributed by atoms with E-state index in [0.717, 1.165) is 38.2 Å². The highest BCUT2D eigenvalue weighted by atomic mass is 127. The van der Waals surface area contributed by atoms with Crippen LogP contribution in [-0.4, -0.2) is 84.2 Å². The monoisotopic (exact) mass is 482 g/mol. The molecule has 0 aliphatic heterocycles. The minimum absolute atomic E-state index is 0.379. The van der Waals surface area contributed by atoms with E-state index >= 15 is 0 Å². The third-order valence-electron chi connectivity index (χ3n) is 3.16. The van der Waals surface area contributed by atoms with Gasteiger partial charge in [0.2, 0.25) is 0 Å². The summed E-state index contributed by atoms with van der Waals surface area (Å²) < 4.78 is 15.4. The van der Waals surface area contributed by atoms with Gasteiger partial charge in [0.15, 0.2) is 0 Å². The molecule has 0 saturated heterocycles. The van der Waals surface area contributed by atoms with Crippen LogP contribution >= 0.6 is 30.1 Å². The fourth-order valence-corrected chi connectivity index (χ4v) is 4.15. The van der Waals surface area contributed by atoms with Crippen molar-refractivity contribution in [2.75, 3.05) is 59.4 Å². The molecule has 23 heavy (non-hydrogen) atoms. The number of aliphatic hydroxyl groups excluding tert-OH is 1. The van der Waals surface area contributed by atoms with Gasteiger partial charge in [-0.1, -0.05) is 8.93 Å². The van der Waals surface area contributed by atoms with Crippen molar-refractivity contribution in [1.82, 2.24) is 10.6 Å². The maximum absolute atomic E-state index is 9.86. The number of hydrogen-bond donors (Lipinski definition) is 4. The van der Waals surface area contributed by atoms with Gasteiger partial charge in [0.25, 0.3) is 0 Å². The maximum atomic E-state index is 9.86. The number of halogens is 1. The molecular weight excluding hydrogens is 451 g/mol. The number of nitrogens with one attached hydrogen (secondary N) is 2. The largest absolute Gasteiger partial charge is 0.497 e. The summed E-state index contributed by atoms with van der Waals surface area (Å²) in [5.41, 5.74) is 0. The molecule has 7 nitrogen and oxygen atoms in total. The molecule has 0 aliphatic carbocycles. The highest BCUT2D eigenvalue weighted by molar-refractivity contribution is 14.2. The molecule has 0 saturated carbocycles. The van der Waals surface area contributed by atoms with Gasteiger partial charge in [0.1, 0.15) is 0 Å². The summed E-state index contributed by atoms with van der Waals surface area (Å²) in [6.07, 6.45) is 1.35. The summed E-state index contributed by atoms with van der Waals surface area (Å²) >= 11 is 2.27. The molecule has 140 valence electrons. The second kappa shape index (κ2) is 16.5. The van der Waals surface area contributed by atoms with Gasteiger partial charge in [-0.2, -0.15) is 0 Å². The zero-order valence-corrected chi connectivity index (χ0v) is 18.0. The first-order chi connectivity index (χ1) is 11.1. The van der Waals surface area contributed by atoms with Crippen LogP contribution in [0.1, 0.15) is 12.8 Å². The Bertz CT molecular complexity index is 269. The predicted molar refractivity (Wildman–Crippen MR) is 105 cm³/mol. The number of ether oxygens (including phenoxy) is 1. The van der Waals surface area contributed by atoms with E-state index < -0.39 is 14.9 Å². The summed E-state index contributed by atoms with van der Waals surface area (Å²) in [6.45, 7) is 3.99. The molecular formula is C13H31IN2O5SSi. The molecule has 1 unspecified atom stereocenters. The summed E-state index contributed by atoms with van der Waals surface area (Å²) in [4.78, 5) is 9.86. The molecule has 0 fully saturated rings. The molecule has 0 heterocycles. The lowest BCUT2D eigenvalue weighted by Crippen LogP contribution is -2.41. The Morgan fingerprint density at radius 3 is 2.48 bits per heavy atom. The SMILES string of the molecule is CO[Si](O)(CCCNCCNCC(O)COCCCSI)OC. The van der Waals surface area contributed by atoms with Gasteiger partial charge in [-0.25, -0.2) is 0 Å². The normalized spacial score (nSPS) is 13.4. The Labute approximate surface area is 157 Å². The lowest BCUT2D eigenvalue weighted by atomic mass is 10.3. The average Bonchev–Trinajstić information content (AvgIpc) is 2.56. The van der Waals surface area contributed by atoms with Crippen molar-refractivity contribution < 1.29 is 23.5 Å². The van der Waals surface area contributed by atoms with Crippen molar-refractivity contribution in [3.05, 3.63) is 0 Å². The molecule has 0 bridgehead atoms. The van der Waals surface area contributed by atoms with Crippen LogP contribution in [0, 0.1) is 0 Å². The molecule has 0 aromatic rings. The van der Waals surface area contributed by atoms with Gasteiger partial charge >= 0.3 is 8.80 Å². The van der Waals surface area contributed by atoms with E-state index in [0.29, 0.717) is 25.8 Å². The Kier molecular flexibility index (Phi) is 17.2. The molecule has 0 amide bonds. The average molecular weight is 482 g/mol. The van der Waals surface area contributed by atoms with Crippen LogP contribution in [0.2, 0.25) is 6.04 Å². The predicted octanol–water partition coefficient (Wildman–Crippen LogP) is 0.631. The van der Waals surface area contributed by atoms with Gasteiger partial charge in [0, 0.05) is 52.3 Å². The number of aliphatic hydroxyl groups is 1. The van der Waals surface area contributed by atoms with Crippen molar-refractivity contribution in [2.45, 2.75) is 25.0 Å². The van der Waals surface area contributed by atoms with Crippen molar-refractivity contribution in [2.24, 2.45) is 0 Å². The highest BCUT2D eigenvalue weighted by Crippen LogP contribution is 2.11. The summed E-state index contributed by atoms with van der Waals surface area (Å²) in [5.74, 6) is 1.08. The van der Waals surface area contributed by atoms with E-state index in [1.807, 2.05) is 0 Å². The van der Waals surface area contributed by atoms with Crippen molar-refractivity contribution >= 4 is 38.9 Å².